The van der Waals surface area contributed by atoms with Crippen LogP contribution in [-0.4, -0.2) is 14.8 Å². The zero-order valence-electron chi connectivity index (χ0n) is 9.37. The van der Waals surface area contributed by atoms with E-state index in [-0.39, 0.29) is 11.7 Å². The lowest BCUT2D eigenvalue weighted by Crippen LogP contribution is -2.15. The third-order valence-electron chi connectivity index (χ3n) is 2.40. The van der Waals surface area contributed by atoms with Crippen LogP contribution in [0.1, 0.15) is 17.2 Å². The van der Waals surface area contributed by atoms with Gasteiger partial charge in [0.2, 0.25) is 5.82 Å². The van der Waals surface area contributed by atoms with Crippen molar-refractivity contribution in [3.8, 4) is 5.69 Å². The molecule has 2 aromatic rings. The predicted octanol–water partition coefficient (Wildman–Crippen LogP) is 3.33. The quantitative estimate of drug-likeness (QED) is 0.787. The Kier molecular flexibility index (Phi) is 3.30. The molecule has 0 atom stereocenters. The molecule has 1 aromatic carbocycles. The summed E-state index contributed by atoms with van der Waals surface area (Å²) in [5, 5.41) is 6.62. The number of aromatic nitrogens is 3. The minimum absolute atomic E-state index is 0.0628. The van der Waals surface area contributed by atoms with E-state index in [1.165, 1.54) is 0 Å². The van der Waals surface area contributed by atoms with Crippen molar-refractivity contribution in [2.75, 3.05) is 0 Å². The van der Waals surface area contributed by atoms with Crippen molar-refractivity contribution in [3.63, 3.8) is 0 Å². The van der Waals surface area contributed by atoms with Crippen LogP contribution in [0.5, 0.6) is 0 Å². The zero-order valence-corrected chi connectivity index (χ0v) is 10.1. The van der Waals surface area contributed by atoms with Crippen molar-refractivity contribution < 1.29 is 13.2 Å². The molecule has 1 heterocycles. The second-order valence-electron chi connectivity index (χ2n) is 3.74. The summed E-state index contributed by atoms with van der Waals surface area (Å²) < 4.78 is 39.3. The van der Waals surface area contributed by atoms with E-state index >= 15 is 0 Å². The molecule has 7 heteroatoms. The molecule has 3 nitrogen and oxygen atoms in total. The van der Waals surface area contributed by atoms with Crippen LogP contribution in [0.2, 0.25) is 0 Å². The van der Waals surface area contributed by atoms with E-state index in [0.717, 1.165) is 10.1 Å². The number of nitrogens with zero attached hydrogens (tertiary/aromatic N) is 3. The Hall–Kier alpha value is -1.56. The highest BCUT2D eigenvalue weighted by molar-refractivity contribution is 6.16. The summed E-state index contributed by atoms with van der Waals surface area (Å²) in [6.45, 7) is 1.85. The van der Waals surface area contributed by atoms with Crippen molar-refractivity contribution >= 4 is 11.6 Å². The van der Waals surface area contributed by atoms with Gasteiger partial charge in [-0.15, -0.1) is 21.8 Å². The second-order valence-corrected chi connectivity index (χ2v) is 4.01. The van der Waals surface area contributed by atoms with Crippen LogP contribution in [0, 0.1) is 6.92 Å². The lowest BCUT2D eigenvalue weighted by Gasteiger charge is -2.11. The molecule has 0 spiro atoms. The first-order valence-electron chi connectivity index (χ1n) is 5.08. The van der Waals surface area contributed by atoms with Crippen LogP contribution in [0.3, 0.4) is 0 Å². The van der Waals surface area contributed by atoms with E-state index in [1.54, 1.807) is 24.3 Å². The number of alkyl halides is 4. The Bertz CT molecular complexity index is 546. The molecular weight excluding hydrogens is 267 g/mol. The van der Waals surface area contributed by atoms with Gasteiger partial charge in [-0.2, -0.15) is 13.2 Å². The lowest BCUT2D eigenvalue weighted by molar-refractivity contribution is -0.146. The van der Waals surface area contributed by atoms with Crippen molar-refractivity contribution in [3.05, 3.63) is 41.5 Å². The van der Waals surface area contributed by atoms with E-state index in [9.17, 15) is 13.2 Å². The number of rotatable bonds is 2. The van der Waals surface area contributed by atoms with E-state index < -0.39 is 12.0 Å². The Labute approximate surface area is 106 Å². The number of aryl methyl sites for hydroxylation is 1. The Balaban J connectivity index is 2.61. The third-order valence-corrected chi connectivity index (χ3v) is 2.63. The molecule has 96 valence electrons. The molecule has 0 fully saturated rings. The summed E-state index contributed by atoms with van der Waals surface area (Å²) >= 11 is 5.59. The van der Waals surface area contributed by atoms with Gasteiger partial charge in [-0.3, -0.25) is 4.57 Å². The third kappa shape index (κ3) is 2.33. The maximum Gasteiger partial charge on any atom is 0.452 e. The molecule has 0 amide bonds. The first kappa shape index (κ1) is 12.9. The van der Waals surface area contributed by atoms with Crippen LogP contribution in [-0.2, 0) is 12.1 Å². The van der Waals surface area contributed by atoms with Gasteiger partial charge >= 0.3 is 6.18 Å². The van der Waals surface area contributed by atoms with Gasteiger partial charge < -0.3 is 0 Å². The highest BCUT2D eigenvalue weighted by Gasteiger charge is 2.38. The first-order valence-corrected chi connectivity index (χ1v) is 5.61. The van der Waals surface area contributed by atoms with Crippen LogP contribution in [0.15, 0.2) is 24.3 Å². The lowest BCUT2D eigenvalue weighted by atomic mass is 10.2. The largest absolute Gasteiger partial charge is 0.452 e. The standard InChI is InChI=1S/C11H9ClF3N3/c1-7-2-4-8(5-3-7)18-9(6-12)16-17-10(18)11(13,14)15/h2-5H,6H2,1H3. The summed E-state index contributed by atoms with van der Waals surface area (Å²) in [4.78, 5) is 0. The molecular formula is C11H9ClF3N3. The topological polar surface area (TPSA) is 30.7 Å². The number of hydrogen-bond donors (Lipinski definition) is 0. The van der Waals surface area contributed by atoms with Gasteiger partial charge in [-0.25, -0.2) is 0 Å². The van der Waals surface area contributed by atoms with Gasteiger partial charge in [0, 0.05) is 5.69 Å². The maximum atomic E-state index is 12.8. The van der Waals surface area contributed by atoms with Crippen molar-refractivity contribution in [1.29, 1.82) is 0 Å². The summed E-state index contributed by atoms with van der Waals surface area (Å²) in [5.41, 5.74) is 1.29. The smallest absolute Gasteiger partial charge is 0.274 e. The summed E-state index contributed by atoms with van der Waals surface area (Å²) in [6.07, 6.45) is -4.57. The monoisotopic (exact) mass is 275 g/mol. The fourth-order valence-corrected chi connectivity index (χ4v) is 1.72. The average Bonchev–Trinajstić information content (AvgIpc) is 2.73. The van der Waals surface area contributed by atoms with Crippen LogP contribution in [0.25, 0.3) is 5.69 Å². The number of halogens is 4. The fourth-order valence-electron chi connectivity index (χ4n) is 1.55. The van der Waals surface area contributed by atoms with Crippen LogP contribution >= 0.6 is 11.6 Å². The van der Waals surface area contributed by atoms with Crippen molar-refractivity contribution in [2.45, 2.75) is 19.0 Å². The van der Waals surface area contributed by atoms with Gasteiger partial charge in [-0.1, -0.05) is 17.7 Å². The molecule has 18 heavy (non-hydrogen) atoms. The van der Waals surface area contributed by atoms with Gasteiger partial charge in [0.25, 0.3) is 0 Å². The van der Waals surface area contributed by atoms with E-state index in [0.29, 0.717) is 5.69 Å². The van der Waals surface area contributed by atoms with Crippen molar-refractivity contribution in [2.24, 2.45) is 0 Å². The molecule has 0 aliphatic carbocycles. The maximum absolute atomic E-state index is 12.8. The highest BCUT2D eigenvalue weighted by Crippen LogP contribution is 2.30. The minimum atomic E-state index is -4.57. The van der Waals surface area contributed by atoms with Gasteiger partial charge in [-0.05, 0) is 19.1 Å². The van der Waals surface area contributed by atoms with Crippen LogP contribution in [0.4, 0.5) is 13.2 Å². The Morgan fingerprint density at radius 3 is 2.28 bits per heavy atom. The SMILES string of the molecule is Cc1ccc(-n2c(CCl)nnc2C(F)(F)F)cc1. The number of benzene rings is 1. The molecule has 0 N–H and O–H groups in total. The predicted molar refractivity (Wildman–Crippen MR) is 60.7 cm³/mol. The zero-order chi connectivity index (χ0) is 13.3. The van der Waals surface area contributed by atoms with Gasteiger partial charge in [0.05, 0.1) is 5.88 Å². The molecule has 0 aliphatic rings. The van der Waals surface area contributed by atoms with E-state index in [4.69, 9.17) is 11.6 Å². The molecule has 0 bridgehead atoms. The molecule has 0 aliphatic heterocycles. The molecule has 2 rings (SSSR count). The molecule has 1 aromatic heterocycles. The molecule has 0 unspecified atom stereocenters. The Morgan fingerprint density at radius 1 is 1.17 bits per heavy atom. The molecule has 0 saturated heterocycles. The minimum Gasteiger partial charge on any atom is -0.274 e. The van der Waals surface area contributed by atoms with Gasteiger partial charge in [0.15, 0.2) is 5.82 Å². The summed E-state index contributed by atoms with van der Waals surface area (Å²) in [7, 11) is 0. The highest BCUT2D eigenvalue weighted by atomic mass is 35.5. The van der Waals surface area contributed by atoms with Gasteiger partial charge in [0.1, 0.15) is 0 Å². The van der Waals surface area contributed by atoms with E-state index in [2.05, 4.69) is 10.2 Å². The average molecular weight is 276 g/mol. The van der Waals surface area contributed by atoms with Crippen molar-refractivity contribution in [1.82, 2.24) is 14.8 Å². The summed E-state index contributed by atoms with van der Waals surface area (Å²) in [6, 6.07) is 6.58. The fraction of sp³-hybridized carbons (Fsp3) is 0.273. The normalized spacial score (nSPS) is 11.8. The van der Waals surface area contributed by atoms with Crippen LogP contribution < -0.4 is 0 Å². The Morgan fingerprint density at radius 2 is 1.78 bits per heavy atom. The number of hydrogen-bond acceptors (Lipinski definition) is 2. The van der Waals surface area contributed by atoms with E-state index in [1.807, 2.05) is 6.92 Å². The second kappa shape index (κ2) is 4.61. The first-order chi connectivity index (χ1) is 8.43. The molecule has 0 radical (unpaired) electrons. The summed E-state index contributed by atoms with van der Waals surface area (Å²) in [5.74, 6) is -1.15. The molecule has 0 saturated carbocycles.